The van der Waals surface area contributed by atoms with E-state index in [4.69, 9.17) is 4.74 Å². The molecule has 2 atom stereocenters. The van der Waals surface area contributed by atoms with Crippen molar-refractivity contribution in [2.75, 3.05) is 39.1 Å². The minimum atomic E-state index is -3.77. The van der Waals surface area contributed by atoms with Crippen molar-refractivity contribution in [3.63, 3.8) is 0 Å². The Morgan fingerprint density at radius 2 is 1.76 bits per heavy atom. The quantitative estimate of drug-likeness (QED) is 0.464. The Morgan fingerprint density at radius 3 is 2.40 bits per heavy atom. The number of amides is 5. The monoisotopic (exact) mass is 659 g/mol. The fraction of sp³-hybridized carbons (Fsp3) is 0.548. The minimum absolute atomic E-state index is 0.0553. The van der Waals surface area contributed by atoms with Crippen molar-refractivity contribution in [1.82, 2.24) is 19.4 Å². The van der Waals surface area contributed by atoms with Gasteiger partial charge in [-0.1, -0.05) is 20.8 Å². The fourth-order valence-corrected chi connectivity index (χ4v) is 10.2. The van der Waals surface area contributed by atoms with Crippen LogP contribution in [0.25, 0.3) is 0 Å². The lowest BCUT2D eigenvalue weighted by Crippen LogP contribution is -2.40. The summed E-state index contributed by atoms with van der Waals surface area (Å²) in [5, 5.41) is 5.37. The van der Waals surface area contributed by atoms with Crippen LogP contribution < -0.4 is 10.6 Å². The molecule has 3 heterocycles. The first-order valence-electron chi connectivity index (χ1n) is 15.1. The number of rotatable bonds is 6. The molecule has 45 heavy (non-hydrogen) atoms. The number of hydrogen-bond donors (Lipinski definition) is 2. The molecule has 2 aromatic rings. The van der Waals surface area contributed by atoms with E-state index in [-0.39, 0.29) is 51.0 Å². The number of urea groups is 1. The second-order valence-corrected chi connectivity index (χ2v) is 16.5. The van der Waals surface area contributed by atoms with Crippen LogP contribution in [0.1, 0.15) is 78.1 Å². The molecule has 0 spiro atoms. The van der Waals surface area contributed by atoms with E-state index >= 15 is 0 Å². The molecule has 0 radical (unpaired) electrons. The molecular formula is C31H41N5O7S2. The topological polar surface area (TPSA) is 145 Å². The summed E-state index contributed by atoms with van der Waals surface area (Å²) in [5.41, 5.74) is 1.02. The second kappa shape index (κ2) is 12.0. The first kappa shape index (κ1) is 32.9. The number of anilines is 1. The molecule has 2 fully saturated rings. The first-order chi connectivity index (χ1) is 21.0. The maximum absolute atomic E-state index is 13.7. The van der Waals surface area contributed by atoms with Crippen molar-refractivity contribution >= 4 is 50.3 Å². The highest BCUT2D eigenvalue weighted by Gasteiger charge is 2.53. The van der Waals surface area contributed by atoms with E-state index in [0.717, 1.165) is 30.6 Å². The van der Waals surface area contributed by atoms with Gasteiger partial charge in [-0.25, -0.2) is 18.0 Å². The molecule has 2 N–H and O–H groups in total. The van der Waals surface area contributed by atoms with Crippen LogP contribution in [0.15, 0.2) is 29.2 Å². The molecule has 14 heteroatoms. The Hall–Kier alpha value is -3.49. The highest BCUT2D eigenvalue weighted by molar-refractivity contribution is 7.89. The third-order valence-electron chi connectivity index (χ3n) is 8.75. The summed E-state index contributed by atoms with van der Waals surface area (Å²) in [4.78, 5) is 54.9. The molecule has 244 valence electrons. The SMILES string of the molecule is CCOC(=O)N1CCc2c(sc(NC(=O)c3ccc(S(=O)(=O)N4CC5(C)CC4CC(C)(C)C5)cc3)c2C(=O)NC(=O)N(C)C)C1. The van der Waals surface area contributed by atoms with E-state index in [1.165, 1.54) is 48.2 Å². The van der Waals surface area contributed by atoms with Crippen molar-refractivity contribution in [2.24, 2.45) is 10.8 Å². The molecule has 1 aromatic carbocycles. The molecule has 1 aromatic heterocycles. The van der Waals surface area contributed by atoms with E-state index in [1.54, 1.807) is 11.2 Å². The number of carbonyl (C=O) groups excluding carboxylic acids is 4. The van der Waals surface area contributed by atoms with Gasteiger partial charge >= 0.3 is 12.1 Å². The van der Waals surface area contributed by atoms with Crippen LogP contribution >= 0.6 is 11.3 Å². The number of sulfonamides is 1. The predicted molar refractivity (Wildman–Crippen MR) is 170 cm³/mol. The number of nitrogens with one attached hydrogen (secondary N) is 2. The van der Waals surface area contributed by atoms with Crippen LogP contribution in [0.3, 0.4) is 0 Å². The molecule has 1 saturated carbocycles. The average Bonchev–Trinajstić information content (AvgIpc) is 3.45. The van der Waals surface area contributed by atoms with E-state index < -0.39 is 34.0 Å². The van der Waals surface area contributed by atoms with Crippen LogP contribution in [0, 0.1) is 10.8 Å². The number of nitrogens with zero attached hydrogens (tertiary/aromatic N) is 3. The van der Waals surface area contributed by atoms with Gasteiger partial charge in [-0.05, 0) is 73.3 Å². The van der Waals surface area contributed by atoms with E-state index in [2.05, 4.69) is 31.4 Å². The molecule has 5 rings (SSSR count). The lowest BCUT2D eigenvalue weighted by Gasteiger charge is -2.39. The van der Waals surface area contributed by atoms with Gasteiger partial charge in [-0.15, -0.1) is 11.3 Å². The Balaban J connectivity index is 1.37. The molecule has 2 bridgehead atoms. The van der Waals surface area contributed by atoms with Crippen LogP contribution in [-0.2, 0) is 27.7 Å². The predicted octanol–water partition coefficient (Wildman–Crippen LogP) is 4.52. The third kappa shape index (κ3) is 6.59. The van der Waals surface area contributed by atoms with E-state index in [9.17, 15) is 27.6 Å². The van der Waals surface area contributed by atoms with E-state index in [0.29, 0.717) is 30.0 Å². The number of fused-ring (bicyclic) bond motifs is 3. The lowest BCUT2D eigenvalue weighted by atomic mass is 9.65. The fourth-order valence-electron chi connectivity index (χ4n) is 7.15. The van der Waals surface area contributed by atoms with Gasteiger partial charge in [0.25, 0.3) is 11.8 Å². The molecule has 2 aliphatic heterocycles. The molecule has 5 amide bonds. The molecule has 1 aliphatic carbocycles. The Morgan fingerprint density at radius 1 is 1.07 bits per heavy atom. The van der Waals surface area contributed by atoms with Crippen molar-refractivity contribution in [3.8, 4) is 0 Å². The Bertz CT molecular complexity index is 1630. The number of thiophene rings is 1. The third-order valence-corrected chi connectivity index (χ3v) is 11.8. The van der Waals surface area contributed by atoms with E-state index in [1.807, 2.05) is 0 Å². The summed E-state index contributed by atoms with van der Waals surface area (Å²) in [5.74, 6) is -1.21. The Kier molecular flexibility index (Phi) is 8.79. The van der Waals surface area contributed by atoms with Gasteiger partial charge < -0.3 is 19.9 Å². The lowest BCUT2D eigenvalue weighted by molar-refractivity contribution is 0.0955. The van der Waals surface area contributed by atoms with Crippen LogP contribution in [0.2, 0.25) is 0 Å². The minimum Gasteiger partial charge on any atom is -0.450 e. The van der Waals surface area contributed by atoms with Crippen molar-refractivity contribution in [2.45, 2.75) is 70.9 Å². The summed E-state index contributed by atoms with van der Waals surface area (Å²) >= 11 is 1.15. The van der Waals surface area contributed by atoms with Gasteiger partial charge in [0.05, 0.1) is 23.6 Å². The van der Waals surface area contributed by atoms with Crippen LogP contribution in [0.4, 0.5) is 14.6 Å². The van der Waals surface area contributed by atoms with Crippen molar-refractivity contribution < 1.29 is 32.3 Å². The smallest absolute Gasteiger partial charge is 0.410 e. The van der Waals surface area contributed by atoms with Gasteiger partial charge in [0.15, 0.2) is 0 Å². The number of hydrogen-bond acceptors (Lipinski definition) is 8. The van der Waals surface area contributed by atoms with Gasteiger partial charge in [0, 0.05) is 43.7 Å². The summed E-state index contributed by atoms with van der Waals surface area (Å²) in [6.45, 7) is 9.46. The number of ether oxygens (including phenoxy) is 1. The van der Waals surface area contributed by atoms with Gasteiger partial charge in [-0.3, -0.25) is 14.9 Å². The molecule has 2 unspecified atom stereocenters. The van der Waals surface area contributed by atoms with Crippen molar-refractivity contribution in [1.29, 1.82) is 0 Å². The molecule has 1 saturated heterocycles. The summed E-state index contributed by atoms with van der Waals surface area (Å²) < 4.78 is 34.2. The standard InChI is InChI=1S/C31H41N5O7S2/c1-7-43-29(40)35-13-12-22-23(16-35)44-27(24(22)26(38)33-28(39)34(5)6)32-25(37)19-8-10-21(11-9-19)45(41,42)36-18-31(4)15-20(36)14-30(2,3)17-31/h8-11,20H,7,12-18H2,1-6H3,(H,32,37)(H,33,38,39). The van der Waals surface area contributed by atoms with Gasteiger partial charge in [0.1, 0.15) is 5.00 Å². The maximum atomic E-state index is 13.7. The highest BCUT2D eigenvalue weighted by Crippen LogP contribution is 2.53. The zero-order chi connectivity index (χ0) is 32.9. The molecule has 3 aliphatic rings. The number of benzene rings is 1. The highest BCUT2D eigenvalue weighted by atomic mass is 32.2. The Labute approximate surface area is 268 Å². The first-order valence-corrected chi connectivity index (χ1v) is 17.3. The van der Waals surface area contributed by atoms with Crippen LogP contribution in [0.5, 0.6) is 0 Å². The summed E-state index contributed by atoms with van der Waals surface area (Å²) in [7, 11) is -0.753. The zero-order valence-corrected chi connectivity index (χ0v) is 28.2. The summed E-state index contributed by atoms with van der Waals surface area (Å²) in [6, 6.07) is 5.14. The van der Waals surface area contributed by atoms with Gasteiger partial charge in [-0.2, -0.15) is 4.31 Å². The average molecular weight is 660 g/mol. The normalized spacial score (nSPS) is 22.4. The van der Waals surface area contributed by atoms with Crippen LogP contribution in [-0.4, -0.2) is 86.3 Å². The largest absolute Gasteiger partial charge is 0.450 e. The molecule has 12 nitrogen and oxygen atoms in total. The molecular weight excluding hydrogens is 619 g/mol. The summed E-state index contributed by atoms with van der Waals surface area (Å²) in [6.07, 6.45) is 2.48. The zero-order valence-electron chi connectivity index (χ0n) is 26.6. The maximum Gasteiger partial charge on any atom is 0.410 e. The van der Waals surface area contributed by atoms with Gasteiger partial charge in [0.2, 0.25) is 10.0 Å². The number of carbonyl (C=O) groups is 4. The van der Waals surface area contributed by atoms with Crippen molar-refractivity contribution in [3.05, 3.63) is 45.8 Å². The second-order valence-electron chi connectivity index (χ2n) is 13.5. The number of imide groups is 1.